The molecule has 0 aliphatic rings. The van der Waals surface area contributed by atoms with Crippen molar-refractivity contribution in [3.8, 4) is 17.9 Å². The lowest BCUT2D eigenvalue weighted by atomic mass is 9.82. The van der Waals surface area contributed by atoms with Crippen LogP contribution in [0.2, 0.25) is 0 Å². The first-order valence-electron chi connectivity index (χ1n) is 13.4. The van der Waals surface area contributed by atoms with Crippen molar-refractivity contribution >= 4 is 50.6 Å². The van der Waals surface area contributed by atoms with Gasteiger partial charge in [-0.2, -0.15) is 10.5 Å². The topological polar surface area (TPSA) is 164 Å². The number of H-pyrrole nitrogens is 2. The highest BCUT2D eigenvalue weighted by atomic mass is 16.5. The minimum atomic E-state index is -1.29. The quantitative estimate of drug-likeness (QED) is 0.180. The number of aromatic amines is 2. The summed E-state index contributed by atoms with van der Waals surface area (Å²) in [5.74, 6) is -1.86. The number of aromatic nitrogens is 5. The van der Waals surface area contributed by atoms with Crippen LogP contribution in [-0.2, 0) is 4.79 Å². The van der Waals surface area contributed by atoms with E-state index in [2.05, 4.69) is 37.1 Å². The molecule has 1 unspecified atom stereocenters. The lowest BCUT2D eigenvalue weighted by Gasteiger charge is -2.19. The average molecular weight is 578 g/mol. The number of methoxy groups -OCH3 is 1. The maximum Gasteiger partial charge on any atom is 0.315 e. The number of benzene rings is 2. The van der Waals surface area contributed by atoms with Gasteiger partial charge in [-0.05, 0) is 59.2 Å². The highest BCUT2D eigenvalue weighted by molar-refractivity contribution is 6.11. The van der Waals surface area contributed by atoms with Gasteiger partial charge in [0.15, 0.2) is 0 Å². The molecule has 44 heavy (non-hydrogen) atoms. The summed E-state index contributed by atoms with van der Waals surface area (Å²) in [6.07, 6.45) is 12.8. The van der Waals surface area contributed by atoms with E-state index in [1.807, 2.05) is 12.1 Å². The van der Waals surface area contributed by atoms with Crippen LogP contribution in [0.25, 0.3) is 44.6 Å². The Balaban J connectivity index is 1.59. The molecule has 10 heteroatoms. The molecular weight excluding hydrogens is 554 g/mol. The van der Waals surface area contributed by atoms with Crippen LogP contribution in [0.15, 0.2) is 92.0 Å². The second kappa shape index (κ2) is 11.8. The van der Waals surface area contributed by atoms with E-state index in [4.69, 9.17) is 4.74 Å². The van der Waals surface area contributed by atoms with Crippen molar-refractivity contribution in [1.82, 2.24) is 24.9 Å². The number of nitrogens with one attached hydrogen (secondary N) is 2. The van der Waals surface area contributed by atoms with E-state index in [0.29, 0.717) is 44.3 Å². The first-order valence-corrected chi connectivity index (χ1v) is 13.4. The van der Waals surface area contributed by atoms with Crippen LogP contribution in [-0.4, -0.2) is 43.1 Å². The Morgan fingerprint density at radius 3 is 2.32 bits per heavy atom. The van der Waals surface area contributed by atoms with Gasteiger partial charge < -0.3 is 19.8 Å². The molecule has 0 bridgehead atoms. The van der Waals surface area contributed by atoms with Crippen molar-refractivity contribution in [2.24, 2.45) is 0 Å². The van der Waals surface area contributed by atoms with E-state index in [1.54, 1.807) is 74.4 Å². The normalized spacial score (nSPS) is 12.8. The number of fused-ring (bicyclic) bond motifs is 2. The van der Waals surface area contributed by atoms with Gasteiger partial charge >= 0.3 is 5.97 Å². The second-order valence-electron chi connectivity index (χ2n) is 9.88. The summed E-state index contributed by atoms with van der Waals surface area (Å²) in [4.78, 5) is 31.9. The highest BCUT2D eigenvalue weighted by Crippen LogP contribution is 2.41. The van der Waals surface area contributed by atoms with Gasteiger partial charge in [0, 0.05) is 75.7 Å². The number of pyridine rings is 1. The summed E-state index contributed by atoms with van der Waals surface area (Å²) in [5.41, 5.74) is 4.90. The first kappa shape index (κ1) is 27.6. The zero-order valence-corrected chi connectivity index (χ0v) is 23.3. The molecule has 0 aliphatic heterocycles. The number of nitriles is 2. The van der Waals surface area contributed by atoms with Gasteiger partial charge in [0.2, 0.25) is 0 Å². The van der Waals surface area contributed by atoms with E-state index in [-0.39, 0.29) is 11.1 Å². The number of carboxylic acid groups (broad SMARTS) is 1. The third kappa shape index (κ3) is 5.04. The molecule has 6 rings (SSSR count). The number of allylic oxidation sites excluding steroid dienone is 2. The van der Waals surface area contributed by atoms with Gasteiger partial charge in [0.1, 0.15) is 24.1 Å². The van der Waals surface area contributed by atoms with Gasteiger partial charge in [0.05, 0.1) is 24.3 Å². The third-order valence-corrected chi connectivity index (χ3v) is 7.39. The number of aliphatic carboxylic acids is 1. The second-order valence-corrected chi connectivity index (χ2v) is 9.88. The monoisotopic (exact) mass is 577 g/mol. The fraction of sp³-hybridized carbons (Fsp3) is 0.0588. The summed E-state index contributed by atoms with van der Waals surface area (Å²) in [6, 6.07) is 18.8. The molecule has 10 nitrogen and oxygen atoms in total. The molecule has 6 aromatic rings. The van der Waals surface area contributed by atoms with E-state index >= 15 is 0 Å². The van der Waals surface area contributed by atoms with Crippen LogP contribution in [0.4, 0.5) is 0 Å². The van der Waals surface area contributed by atoms with Crippen molar-refractivity contribution < 1.29 is 14.6 Å². The Hall–Kier alpha value is -6.52. The highest BCUT2D eigenvalue weighted by Gasteiger charge is 2.31. The molecule has 0 aliphatic carbocycles. The Morgan fingerprint density at radius 1 is 0.932 bits per heavy atom. The average Bonchev–Trinajstić information content (AvgIpc) is 3.68. The van der Waals surface area contributed by atoms with E-state index in [0.717, 1.165) is 16.6 Å². The predicted molar refractivity (Wildman–Crippen MR) is 166 cm³/mol. The van der Waals surface area contributed by atoms with E-state index in [1.165, 1.54) is 18.7 Å². The Labute approximate surface area is 251 Å². The molecule has 3 N–H and O–H groups in total. The molecule has 0 saturated heterocycles. The summed E-state index contributed by atoms with van der Waals surface area (Å²) in [6.45, 7) is 0. The van der Waals surface area contributed by atoms with Crippen molar-refractivity contribution in [1.29, 1.82) is 10.5 Å². The number of hydrogen-bond acceptors (Lipinski definition) is 7. The summed E-state index contributed by atoms with van der Waals surface area (Å²) in [5, 5.41) is 32.7. The van der Waals surface area contributed by atoms with Crippen LogP contribution in [0.3, 0.4) is 0 Å². The molecule has 0 spiro atoms. The lowest BCUT2D eigenvalue weighted by Crippen LogP contribution is -2.15. The van der Waals surface area contributed by atoms with Crippen LogP contribution in [0.5, 0.6) is 5.75 Å². The van der Waals surface area contributed by atoms with Crippen molar-refractivity contribution in [2.45, 2.75) is 5.92 Å². The summed E-state index contributed by atoms with van der Waals surface area (Å²) in [7, 11) is 1.55. The molecule has 4 aromatic heterocycles. The van der Waals surface area contributed by atoms with Crippen LogP contribution in [0, 0.1) is 22.7 Å². The molecule has 0 fully saturated rings. The van der Waals surface area contributed by atoms with Crippen LogP contribution in [0.1, 0.15) is 33.7 Å². The van der Waals surface area contributed by atoms with Crippen molar-refractivity contribution in [3.05, 3.63) is 120 Å². The van der Waals surface area contributed by atoms with Gasteiger partial charge in [-0.15, -0.1) is 0 Å². The lowest BCUT2D eigenvalue weighted by molar-refractivity contribution is -0.137. The zero-order chi connectivity index (χ0) is 30.6. The number of rotatable bonds is 8. The number of nitrogens with zero attached hydrogens (tertiary/aromatic N) is 5. The van der Waals surface area contributed by atoms with Crippen LogP contribution < -0.4 is 4.74 Å². The maximum atomic E-state index is 13.2. The van der Waals surface area contributed by atoms with E-state index < -0.39 is 11.9 Å². The van der Waals surface area contributed by atoms with E-state index in [9.17, 15) is 20.4 Å². The largest absolute Gasteiger partial charge is 0.497 e. The number of carbonyl (C=O) groups is 1. The number of ether oxygens (including phenoxy) is 1. The first-order chi connectivity index (χ1) is 21.5. The standard InChI is InChI=1S/C34H23N7O3/c1-44-24-5-7-31-26(11-24)29(18-41-31)27(13-36)32(23-15-38-19-39-16-23)33(34(42)43)21-4-6-30-25(10-21)28(17-40-30)22(12-35)9-20-3-2-8-37-14-20/h2-11,14-19,33,40-41H,1H3,(H,42,43)/b22-9+,32-27-. The molecule has 2 aromatic carbocycles. The number of hydrogen-bond donors (Lipinski definition) is 3. The minimum Gasteiger partial charge on any atom is -0.497 e. The van der Waals surface area contributed by atoms with Crippen molar-refractivity contribution in [2.75, 3.05) is 7.11 Å². The summed E-state index contributed by atoms with van der Waals surface area (Å²) < 4.78 is 5.41. The molecule has 0 amide bonds. The fourth-order valence-corrected chi connectivity index (χ4v) is 5.36. The maximum absolute atomic E-state index is 13.2. The summed E-state index contributed by atoms with van der Waals surface area (Å²) >= 11 is 0. The molecule has 0 radical (unpaired) electrons. The molecule has 1 atom stereocenters. The zero-order valence-electron chi connectivity index (χ0n) is 23.3. The minimum absolute atomic E-state index is 0.148. The fourth-order valence-electron chi connectivity index (χ4n) is 5.36. The Kier molecular flexibility index (Phi) is 7.39. The van der Waals surface area contributed by atoms with Gasteiger partial charge in [-0.1, -0.05) is 12.1 Å². The third-order valence-electron chi connectivity index (χ3n) is 7.39. The molecular formula is C34H23N7O3. The Bertz CT molecular complexity index is 2170. The molecule has 212 valence electrons. The van der Waals surface area contributed by atoms with Gasteiger partial charge in [0.25, 0.3) is 0 Å². The van der Waals surface area contributed by atoms with Gasteiger partial charge in [-0.3, -0.25) is 9.78 Å². The molecule has 4 heterocycles. The molecule has 0 saturated carbocycles. The van der Waals surface area contributed by atoms with Crippen LogP contribution >= 0.6 is 0 Å². The van der Waals surface area contributed by atoms with Crippen molar-refractivity contribution in [3.63, 3.8) is 0 Å². The van der Waals surface area contributed by atoms with Gasteiger partial charge in [-0.25, -0.2) is 9.97 Å². The smallest absolute Gasteiger partial charge is 0.315 e. The number of carboxylic acids is 1. The SMILES string of the molecule is COc1ccc2[nH]cc(/C(C#N)=C(/c3cncnc3)C(C(=O)O)c3ccc4[nH]cc(/C(C#N)=C/c5cccnc5)c4c3)c2c1. The Morgan fingerprint density at radius 2 is 1.66 bits per heavy atom. The predicted octanol–water partition coefficient (Wildman–Crippen LogP) is 6.21.